The molecule has 1 aromatic carbocycles. The summed E-state index contributed by atoms with van der Waals surface area (Å²) in [5.74, 6) is -0.460. The summed E-state index contributed by atoms with van der Waals surface area (Å²) in [4.78, 5) is 16.1. The number of thiophene rings is 1. The second-order valence-electron chi connectivity index (χ2n) is 6.62. The van der Waals surface area contributed by atoms with Gasteiger partial charge in [-0.2, -0.15) is 0 Å². The van der Waals surface area contributed by atoms with Crippen molar-refractivity contribution in [2.45, 2.75) is 35.0 Å². The third kappa shape index (κ3) is 5.26. The molecule has 8 nitrogen and oxygen atoms in total. The summed E-state index contributed by atoms with van der Waals surface area (Å²) in [6.45, 7) is 6.54. The summed E-state index contributed by atoms with van der Waals surface area (Å²) in [7, 11) is -7.79. The van der Waals surface area contributed by atoms with Crippen molar-refractivity contribution in [3.63, 3.8) is 0 Å². The third-order valence-corrected chi connectivity index (χ3v) is 10.1. The minimum absolute atomic E-state index is 0.0116. The minimum atomic E-state index is -4.02. The maximum absolute atomic E-state index is 13.0. The zero-order chi connectivity index (χ0) is 23.5. The summed E-state index contributed by atoms with van der Waals surface area (Å²) in [6.07, 6.45) is 2.08. The van der Waals surface area contributed by atoms with E-state index in [1.165, 1.54) is 42.8 Å². The lowest BCUT2D eigenvalue weighted by Crippen LogP contribution is -2.19. The average Bonchev–Trinajstić information content (AvgIpc) is 3.38. The van der Waals surface area contributed by atoms with E-state index in [4.69, 9.17) is 4.74 Å². The molecular weight excluding hydrogens is 492 g/mol. The van der Waals surface area contributed by atoms with Gasteiger partial charge in [0.25, 0.3) is 0 Å². The smallest absolute Gasteiger partial charge is 0.303 e. The molecule has 0 aliphatic carbocycles. The Bertz CT molecular complexity index is 1330. The molecule has 0 aliphatic rings. The Morgan fingerprint density at radius 2 is 1.84 bits per heavy atom. The quantitative estimate of drug-likeness (QED) is 0.335. The molecule has 0 amide bonds. The van der Waals surface area contributed by atoms with Crippen molar-refractivity contribution >= 4 is 53.6 Å². The van der Waals surface area contributed by atoms with Crippen molar-refractivity contribution in [3.05, 3.63) is 70.4 Å². The van der Waals surface area contributed by atoms with E-state index in [1.807, 2.05) is 0 Å². The maximum Gasteiger partial charge on any atom is 0.303 e. The van der Waals surface area contributed by atoms with Gasteiger partial charge in [-0.1, -0.05) is 35.6 Å². The van der Waals surface area contributed by atoms with Gasteiger partial charge < -0.3 is 4.74 Å². The van der Waals surface area contributed by atoms with E-state index in [0.29, 0.717) is 9.75 Å². The van der Waals surface area contributed by atoms with E-state index < -0.39 is 37.2 Å². The van der Waals surface area contributed by atoms with Crippen molar-refractivity contribution in [1.82, 2.24) is 4.98 Å². The number of rotatable bonds is 9. The van der Waals surface area contributed by atoms with Gasteiger partial charge in [0, 0.05) is 23.4 Å². The summed E-state index contributed by atoms with van der Waals surface area (Å²) < 4.78 is 59.0. The average molecular weight is 513 g/mol. The molecule has 3 aromatic rings. The van der Waals surface area contributed by atoms with Gasteiger partial charge in [-0.3, -0.25) is 9.52 Å². The van der Waals surface area contributed by atoms with Gasteiger partial charge in [-0.15, -0.1) is 17.9 Å². The van der Waals surface area contributed by atoms with Gasteiger partial charge in [0.05, 0.1) is 14.7 Å². The van der Waals surface area contributed by atoms with E-state index in [9.17, 15) is 21.6 Å². The highest BCUT2D eigenvalue weighted by molar-refractivity contribution is 7.93. The number of aromatic nitrogens is 1. The number of anilines is 1. The van der Waals surface area contributed by atoms with Gasteiger partial charge in [-0.25, -0.2) is 21.8 Å². The van der Waals surface area contributed by atoms with Crippen LogP contribution in [-0.4, -0.2) is 27.8 Å². The Kier molecular flexibility index (Phi) is 7.18. The molecule has 2 heterocycles. The van der Waals surface area contributed by atoms with Crippen LogP contribution >= 0.6 is 22.7 Å². The number of thiazole rings is 1. The Hall–Kier alpha value is -2.54. The number of nitrogens with one attached hydrogen (secondary N) is 1. The first kappa shape index (κ1) is 24.1. The van der Waals surface area contributed by atoms with E-state index in [2.05, 4.69) is 16.3 Å². The maximum atomic E-state index is 13.0. The lowest BCUT2D eigenvalue weighted by Gasteiger charge is -2.12. The van der Waals surface area contributed by atoms with Gasteiger partial charge in [0.2, 0.25) is 19.9 Å². The molecule has 1 N–H and O–H groups in total. The molecule has 0 radical (unpaired) electrons. The second-order valence-corrected chi connectivity index (χ2v) is 12.4. The summed E-state index contributed by atoms with van der Waals surface area (Å²) in [5.41, 5.74) is 0. The Morgan fingerprint density at radius 1 is 1.16 bits per heavy atom. The molecule has 2 aromatic heterocycles. The highest BCUT2D eigenvalue weighted by Crippen LogP contribution is 2.35. The van der Waals surface area contributed by atoms with E-state index in [-0.39, 0.29) is 14.9 Å². The van der Waals surface area contributed by atoms with Crippen LogP contribution in [0.4, 0.5) is 5.13 Å². The number of esters is 1. The van der Waals surface area contributed by atoms with Gasteiger partial charge in [0.1, 0.15) is 11.4 Å². The summed E-state index contributed by atoms with van der Waals surface area (Å²) >= 11 is 2.05. The molecule has 2 unspecified atom stereocenters. The first-order chi connectivity index (χ1) is 15.0. The SMILES string of the molecule is C=CC(c1cc(S(=O)(=O)c2ccccc2)cs1)S(=O)(=O)Nc1ncc(C(C)OC(C)=O)s1. The molecule has 12 heteroatoms. The first-order valence-electron chi connectivity index (χ1n) is 9.20. The van der Waals surface area contributed by atoms with Crippen LogP contribution in [0.5, 0.6) is 0 Å². The van der Waals surface area contributed by atoms with Crippen LogP contribution in [0.25, 0.3) is 0 Å². The predicted molar refractivity (Wildman–Crippen MR) is 124 cm³/mol. The number of benzene rings is 1. The monoisotopic (exact) mass is 512 g/mol. The van der Waals surface area contributed by atoms with Crippen LogP contribution in [-0.2, 0) is 29.4 Å². The number of hydrogen-bond donors (Lipinski definition) is 1. The van der Waals surface area contributed by atoms with Crippen LogP contribution in [0.15, 0.2) is 70.4 Å². The fraction of sp³-hybridized carbons (Fsp3) is 0.200. The Morgan fingerprint density at radius 3 is 2.47 bits per heavy atom. The number of carbonyl (C=O) groups is 1. The second kappa shape index (κ2) is 9.53. The molecule has 0 bridgehead atoms. The molecular formula is C20H20N2O6S4. The lowest BCUT2D eigenvalue weighted by molar-refractivity contribution is -0.145. The van der Waals surface area contributed by atoms with Crippen LogP contribution in [0, 0.1) is 0 Å². The van der Waals surface area contributed by atoms with Gasteiger partial charge >= 0.3 is 5.97 Å². The Balaban J connectivity index is 1.83. The topological polar surface area (TPSA) is 120 Å². The van der Waals surface area contributed by atoms with Crippen molar-refractivity contribution in [2.75, 3.05) is 4.72 Å². The number of hydrogen-bond acceptors (Lipinski definition) is 9. The van der Waals surface area contributed by atoms with Gasteiger partial charge in [0.15, 0.2) is 5.13 Å². The van der Waals surface area contributed by atoms with Crippen molar-refractivity contribution in [2.24, 2.45) is 0 Å². The normalized spacial score (nSPS) is 13.8. The van der Waals surface area contributed by atoms with Crippen molar-refractivity contribution in [1.29, 1.82) is 0 Å². The number of ether oxygens (including phenoxy) is 1. The third-order valence-electron chi connectivity index (χ3n) is 4.28. The molecule has 32 heavy (non-hydrogen) atoms. The zero-order valence-electron chi connectivity index (χ0n) is 17.1. The molecule has 0 saturated carbocycles. The van der Waals surface area contributed by atoms with Crippen LogP contribution in [0.2, 0.25) is 0 Å². The van der Waals surface area contributed by atoms with E-state index >= 15 is 0 Å². The van der Waals surface area contributed by atoms with Crippen LogP contribution in [0.3, 0.4) is 0 Å². The Labute approximate surface area is 194 Å². The molecule has 0 saturated heterocycles. The molecule has 0 fully saturated rings. The standard InChI is InChI=1S/C20H20N2O6S4/c1-4-19(17-10-16(12-29-17)31(24,25)15-8-6-5-7-9-15)32(26,27)22-20-21-11-18(30-20)13(2)28-14(3)23/h4-13,19H,1H2,2-3H3,(H,21,22). The van der Waals surface area contributed by atoms with E-state index in [0.717, 1.165) is 22.7 Å². The van der Waals surface area contributed by atoms with Gasteiger partial charge in [-0.05, 0) is 25.1 Å². The highest BCUT2D eigenvalue weighted by atomic mass is 32.2. The molecule has 170 valence electrons. The predicted octanol–water partition coefficient (Wildman–Crippen LogP) is 4.33. The molecule has 2 atom stereocenters. The molecule has 0 spiro atoms. The minimum Gasteiger partial charge on any atom is -0.457 e. The van der Waals surface area contributed by atoms with Crippen molar-refractivity contribution < 1.29 is 26.4 Å². The van der Waals surface area contributed by atoms with E-state index in [1.54, 1.807) is 25.1 Å². The lowest BCUT2D eigenvalue weighted by atomic mass is 10.3. The fourth-order valence-electron chi connectivity index (χ4n) is 2.77. The fourth-order valence-corrected chi connectivity index (χ4v) is 8.07. The highest BCUT2D eigenvalue weighted by Gasteiger charge is 2.29. The first-order valence-corrected chi connectivity index (χ1v) is 13.9. The largest absolute Gasteiger partial charge is 0.457 e. The van der Waals surface area contributed by atoms with Crippen LogP contribution < -0.4 is 4.72 Å². The number of sulfonamides is 1. The number of sulfone groups is 1. The summed E-state index contributed by atoms with van der Waals surface area (Å²) in [5, 5.41) is 0.316. The molecule has 3 rings (SSSR count). The number of carbonyl (C=O) groups excluding carboxylic acids is 1. The van der Waals surface area contributed by atoms with Crippen LogP contribution in [0.1, 0.15) is 35.0 Å². The number of nitrogens with zero attached hydrogens (tertiary/aromatic N) is 1. The summed E-state index contributed by atoms with van der Waals surface area (Å²) in [6, 6.07) is 9.24. The zero-order valence-corrected chi connectivity index (χ0v) is 20.4. The van der Waals surface area contributed by atoms with Crippen molar-refractivity contribution in [3.8, 4) is 0 Å². The molecule has 0 aliphatic heterocycles.